The van der Waals surface area contributed by atoms with Crippen molar-refractivity contribution in [3.05, 3.63) is 35.4 Å². The molecule has 5 nitrogen and oxygen atoms in total. The van der Waals surface area contributed by atoms with Crippen molar-refractivity contribution in [2.24, 2.45) is 4.99 Å². The normalized spacial score (nSPS) is 12.0. The van der Waals surface area contributed by atoms with E-state index >= 15 is 0 Å². The Labute approximate surface area is 150 Å². The number of aliphatic imine (C=N–C) groups is 1. The van der Waals surface area contributed by atoms with E-state index in [1.807, 2.05) is 6.26 Å². The third kappa shape index (κ3) is 8.15. The third-order valence-corrected chi connectivity index (χ3v) is 3.82. The summed E-state index contributed by atoms with van der Waals surface area (Å²) in [5.74, 6) is 1.21. The van der Waals surface area contributed by atoms with Gasteiger partial charge in [0.25, 0.3) is 0 Å². The number of alkyl halides is 3. The van der Waals surface area contributed by atoms with Crippen LogP contribution in [0.15, 0.2) is 29.3 Å². The fourth-order valence-corrected chi connectivity index (χ4v) is 2.04. The number of hydrogen-bond donors (Lipinski definition) is 2. The zero-order valence-corrected chi connectivity index (χ0v) is 15.3. The Morgan fingerprint density at radius 1 is 1.20 bits per heavy atom. The van der Waals surface area contributed by atoms with E-state index in [1.165, 1.54) is 17.0 Å². The molecular formula is C16H23F3N4OS. The molecule has 0 aliphatic heterocycles. The summed E-state index contributed by atoms with van der Waals surface area (Å²) >= 11 is 1.66. The van der Waals surface area contributed by atoms with Crippen molar-refractivity contribution in [2.75, 3.05) is 39.2 Å². The molecular weight excluding hydrogens is 353 g/mol. The molecule has 0 radical (unpaired) electrons. The van der Waals surface area contributed by atoms with E-state index in [2.05, 4.69) is 15.6 Å². The molecule has 0 fully saturated rings. The molecule has 0 unspecified atom stereocenters. The van der Waals surface area contributed by atoms with Crippen LogP contribution in [0.25, 0.3) is 0 Å². The van der Waals surface area contributed by atoms with E-state index in [-0.39, 0.29) is 19.0 Å². The van der Waals surface area contributed by atoms with Crippen molar-refractivity contribution in [1.82, 2.24) is 15.5 Å². The number of halogens is 3. The first-order valence-corrected chi connectivity index (χ1v) is 9.01. The van der Waals surface area contributed by atoms with Crippen LogP contribution in [0.3, 0.4) is 0 Å². The molecule has 1 amide bonds. The Balaban J connectivity index is 2.70. The maximum Gasteiger partial charge on any atom is 0.416 e. The van der Waals surface area contributed by atoms with E-state index in [0.717, 1.165) is 17.9 Å². The topological polar surface area (TPSA) is 56.7 Å². The van der Waals surface area contributed by atoms with Crippen LogP contribution in [-0.4, -0.2) is 56.0 Å². The first-order valence-electron chi connectivity index (χ1n) is 7.61. The molecule has 2 N–H and O–H groups in total. The highest BCUT2D eigenvalue weighted by molar-refractivity contribution is 7.98. The van der Waals surface area contributed by atoms with Crippen molar-refractivity contribution in [3.63, 3.8) is 0 Å². The van der Waals surface area contributed by atoms with Crippen LogP contribution in [0.5, 0.6) is 0 Å². The molecule has 140 valence electrons. The van der Waals surface area contributed by atoms with Crippen molar-refractivity contribution < 1.29 is 18.0 Å². The van der Waals surface area contributed by atoms with Crippen molar-refractivity contribution in [2.45, 2.75) is 12.7 Å². The van der Waals surface area contributed by atoms with Gasteiger partial charge >= 0.3 is 6.18 Å². The molecule has 0 aliphatic carbocycles. The van der Waals surface area contributed by atoms with Gasteiger partial charge in [-0.15, -0.1) is 0 Å². The summed E-state index contributed by atoms with van der Waals surface area (Å²) in [7, 11) is 3.31. The highest BCUT2D eigenvalue weighted by Gasteiger charge is 2.29. The smallest absolute Gasteiger partial charge is 0.356 e. The summed E-state index contributed by atoms with van der Waals surface area (Å²) in [6.07, 6.45) is -2.37. The Bertz CT molecular complexity index is 574. The highest BCUT2D eigenvalue weighted by atomic mass is 32.2. The van der Waals surface area contributed by atoms with Crippen molar-refractivity contribution in [3.8, 4) is 0 Å². The van der Waals surface area contributed by atoms with Crippen LogP contribution in [0.4, 0.5) is 13.2 Å². The average Bonchev–Trinajstić information content (AvgIpc) is 2.56. The molecule has 0 spiro atoms. The van der Waals surface area contributed by atoms with Gasteiger partial charge in [0.05, 0.1) is 18.7 Å². The Kier molecular flexibility index (Phi) is 8.60. The molecule has 1 aromatic rings. The Morgan fingerprint density at radius 2 is 1.84 bits per heavy atom. The largest absolute Gasteiger partial charge is 0.416 e. The fourth-order valence-electron chi connectivity index (χ4n) is 1.73. The monoisotopic (exact) mass is 376 g/mol. The van der Waals surface area contributed by atoms with Gasteiger partial charge < -0.3 is 15.5 Å². The molecule has 1 rings (SSSR count). The van der Waals surface area contributed by atoms with E-state index < -0.39 is 11.7 Å². The first-order chi connectivity index (χ1) is 11.7. The molecule has 25 heavy (non-hydrogen) atoms. The van der Waals surface area contributed by atoms with E-state index in [9.17, 15) is 18.0 Å². The van der Waals surface area contributed by atoms with Gasteiger partial charge in [-0.05, 0) is 24.0 Å². The summed E-state index contributed by atoms with van der Waals surface area (Å²) in [6, 6.07) is 4.87. The van der Waals surface area contributed by atoms with Crippen LogP contribution < -0.4 is 10.6 Å². The van der Waals surface area contributed by atoms with Crippen LogP contribution >= 0.6 is 11.8 Å². The number of guanidine groups is 1. The molecule has 9 heteroatoms. The Morgan fingerprint density at radius 3 is 2.36 bits per heavy atom. The number of rotatable bonds is 7. The lowest BCUT2D eigenvalue weighted by Gasteiger charge is -2.15. The van der Waals surface area contributed by atoms with Crippen LogP contribution in [-0.2, 0) is 17.5 Å². The maximum absolute atomic E-state index is 12.6. The lowest BCUT2D eigenvalue weighted by Crippen LogP contribution is -2.43. The molecule has 0 atom stereocenters. The second-order valence-electron chi connectivity index (χ2n) is 5.42. The summed E-state index contributed by atoms with van der Waals surface area (Å²) in [5, 5.41) is 6.01. The molecule has 0 bridgehead atoms. The minimum Gasteiger partial charge on any atom is -0.356 e. The highest BCUT2D eigenvalue weighted by Crippen LogP contribution is 2.29. The van der Waals surface area contributed by atoms with Gasteiger partial charge in [-0.3, -0.25) is 4.79 Å². The second kappa shape index (κ2) is 10.2. The number of carbonyl (C=O) groups is 1. The number of benzene rings is 1. The van der Waals surface area contributed by atoms with E-state index in [4.69, 9.17) is 0 Å². The van der Waals surface area contributed by atoms with Crippen LogP contribution in [0.1, 0.15) is 11.1 Å². The van der Waals surface area contributed by atoms with Gasteiger partial charge in [0, 0.05) is 26.4 Å². The first kappa shape index (κ1) is 21.1. The van der Waals surface area contributed by atoms with Gasteiger partial charge in [-0.1, -0.05) is 12.1 Å². The van der Waals surface area contributed by atoms with Crippen molar-refractivity contribution in [1.29, 1.82) is 0 Å². The number of thioether (sulfide) groups is 1. The second-order valence-corrected chi connectivity index (χ2v) is 6.41. The molecule has 0 aliphatic rings. The van der Waals surface area contributed by atoms with E-state index in [0.29, 0.717) is 18.1 Å². The van der Waals surface area contributed by atoms with Gasteiger partial charge in [-0.2, -0.15) is 24.9 Å². The van der Waals surface area contributed by atoms with Gasteiger partial charge in [0.1, 0.15) is 0 Å². The number of hydrogen-bond acceptors (Lipinski definition) is 3. The maximum atomic E-state index is 12.6. The standard InChI is InChI=1S/C16H23F3N4OS/c1-23(2)14(24)11-22-15(20-8-9-25-3)21-10-12-4-6-13(7-5-12)16(17,18)19/h4-7H,8-11H2,1-3H3,(H2,20,21,22). The van der Waals surface area contributed by atoms with Crippen LogP contribution in [0, 0.1) is 0 Å². The number of nitrogens with one attached hydrogen (secondary N) is 2. The number of amides is 1. The molecule has 0 heterocycles. The summed E-state index contributed by atoms with van der Waals surface area (Å²) in [5.41, 5.74) is -0.0360. The zero-order valence-electron chi connectivity index (χ0n) is 14.5. The quantitative estimate of drug-likeness (QED) is 0.435. The minimum absolute atomic E-state index is 0.0884. The van der Waals surface area contributed by atoms with Crippen molar-refractivity contribution >= 4 is 23.6 Å². The minimum atomic E-state index is -4.35. The number of nitrogens with zero attached hydrogens (tertiary/aromatic N) is 2. The number of carbonyl (C=O) groups excluding carboxylic acids is 1. The average molecular weight is 376 g/mol. The Hall–Kier alpha value is -1.90. The predicted octanol–water partition coefficient (Wildman–Crippen LogP) is 2.19. The molecule has 0 saturated carbocycles. The SMILES string of the molecule is CSCCNC(=NCc1ccc(C(F)(F)F)cc1)NCC(=O)N(C)C. The van der Waals surface area contributed by atoms with Gasteiger partial charge in [0.2, 0.25) is 5.91 Å². The van der Waals surface area contributed by atoms with Gasteiger partial charge in [0.15, 0.2) is 5.96 Å². The lowest BCUT2D eigenvalue weighted by atomic mass is 10.1. The predicted molar refractivity (Wildman–Crippen MR) is 95.7 cm³/mol. The fraction of sp³-hybridized carbons (Fsp3) is 0.500. The molecule has 1 aromatic carbocycles. The summed E-state index contributed by atoms with van der Waals surface area (Å²) in [4.78, 5) is 17.4. The number of likely N-dealkylation sites (N-methyl/N-ethyl adjacent to an activating group) is 1. The zero-order chi connectivity index (χ0) is 18.9. The summed E-state index contributed by atoms with van der Waals surface area (Å²) < 4.78 is 37.7. The molecule has 0 saturated heterocycles. The van der Waals surface area contributed by atoms with Crippen LogP contribution in [0.2, 0.25) is 0 Å². The third-order valence-electron chi connectivity index (χ3n) is 3.21. The lowest BCUT2D eigenvalue weighted by molar-refractivity contribution is -0.137. The van der Waals surface area contributed by atoms with E-state index in [1.54, 1.807) is 25.9 Å². The van der Waals surface area contributed by atoms with Gasteiger partial charge in [-0.25, -0.2) is 4.99 Å². The molecule has 0 aromatic heterocycles. The summed E-state index contributed by atoms with van der Waals surface area (Å²) in [6.45, 7) is 0.962.